The Kier molecular flexibility index (Phi) is 3.96. The van der Waals surface area contributed by atoms with Crippen LogP contribution < -0.4 is 0 Å². The van der Waals surface area contributed by atoms with Gasteiger partial charge in [0.2, 0.25) is 11.8 Å². The van der Waals surface area contributed by atoms with Crippen molar-refractivity contribution in [2.75, 3.05) is 26.2 Å². The van der Waals surface area contributed by atoms with Gasteiger partial charge in [-0.05, 0) is 18.2 Å². The maximum atomic E-state index is 12.2. The number of amides is 2. The number of nitrogens with zero attached hydrogens (tertiary/aromatic N) is 2. The predicted molar refractivity (Wildman–Crippen MR) is 84.1 cm³/mol. The molecule has 114 valence electrons. The topological polar surface area (TPSA) is 53.8 Å². The van der Waals surface area contributed by atoms with Crippen molar-refractivity contribution >= 4 is 28.9 Å². The molecule has 0 saturated carbocycles. The number of rotatable bonds is 2. The normalized spacial score (nSPS) is 15.7. The van der Waals surface area contributed by atoms with E-state index in [2.05, 4.69) is 0 Å². The number of carbonyl (C=O) groups excluding carboxylic acids is 2. The highest BCUT2D eigenvalue weighted by Crippen LogP contribution is 2.19. The second-order valence-corrected chi connectivity index (χ2v) is 5.35. The molecule has 0 N–H and O–H groups in total. The lowest BCUT2D eigenvalue weighted by Crippen LogP contribution is -2.49. The van der Waals surface area contributed by atoms with E-state index in [0.717, 1.165) is 11.0 Å². The van der Waals surface area contributed by atoms with Gasteiger partial charge in [-0.2, -0.15) is 0 Å². The molecule has 1 fully saturated rings. The third kappa shape index (κ3) is 3.03. The van der Waals surface area contributed by atoms with E-state index in [1.807, 2.05) is 30.3 Å². The van der Waals surface area contributed by atoms with E-state index < -0.39 is 0 Å². The van der Waals surface area contributed by atoms with Gasteiger partial charge in [-0.3, -0.25) is 9.59 Å². The van der Waals surface area contributed by atoms with Crippen molar-refractivity contribution < 1.29 is 14.0 Å². The minimum atomic E-state index is -0.0522. The minimum Gasteiger partial charge on any atom is -0.457 e. The predicted octanol–water partition coefficient (Wildman–Crippen LogP) is 2.14. The fraction of sp³-hybridized carbons (Fsp3) is 0.294. The highest BCUT2D eigenvalue weighted by atomic mass is 16.3. The lowest BCUT2D eigenvalue weighted by Gasteiger charge is -2.33. The van der Waals surface area contributed by atoms with Gasteiger partial charge in [-0.25, -0.2) is 0 Å². The van der Waals surface area contributed by atoms with Gasteiger partial charge in [0.1, 0.15) is 11.3 Å². The van der Waals surface area contributed by atoms with Gasteiger partial charge in [-0.1, -0.05) is 18.2 Å². The number of para-hydroxylation sites is 1. The van der Waals surface area contributed by atoms with Gasteiger partial charge in [-0.15, -0.1) is 0 Å². The summed E-state index contributed by atoms with van der Waals surface area (Å²) in [7, 11) is 0. The Balaban J connectivity index is 1.63. The first-order valence-corrected chi connectivity index (χ1v) is 7.34. The molecule has 1 aromatic heterocycles. The Morgan fingerprint density at radius 3 is 2.45 bits per heavy atom. The Labute approximate surface area is 128 Å². The molecule has 1 aliphatic rings. The van der Waals surface area contributed by atoms with Crippen LogP contribution in [0.5, 0.6) is 0 Å². The lowest BCUT2D eigenvalue weighted by atomic mass is 10.2. The first kappa shape index (κ1) is 14.4. The smallest absolute Gasteiger partial charge is 0.246 e. The molecule has 0 unspecified atom stereocenters. The van der Waals surface area contributed by atoms with E-state index in [9.17, 15) is 9.59 Å². The van der Waals surface area contributed by atoms with Crippen LogP contribution in [0.25, 0.3) is 17.0 Å². The van der Waals surface area contributed by atoms with Crippen LogP contribution in [-0.4, -0.2) is 47.8 Å². The molecule has 0 aliphatic carbocycles. The number of hydrogen-bond donors (Lipinski definition) is 0. The number of benzene rings is 1. The molecule has 2 heterocycles. The third-order valence-electron chi connectivity index (χ3n) is 3.87. The largest absolute Gasteiger partial charge is 0.457 e. The van der Waals surface area contributed by atoms with Crippen LogP contribution in [0.1, 0.15) is 12.7 Å². The van der Waals surface area contributed by atoms with Crippen molar-refractivity contribution in [3.05, 3.63) is 42.2 Å². The van der Waals surface area contributed by atoms with Gasteiger partial charge in [0, 0.05) is 44.6 Å². The van der Waals surface area contributed by atoms with Gasteiger partial charge in [0.05, 0.1) is 0 Å². The summed E-state index contributed by atoms with van der Waals surface area (Å²) in [4.78, 5) is 26.9. The third-order valence-corrected chi connectivity index (χ3v) is 3.87. The number of piperazine rings is 1. The summed E-state index contributed by atoms with van der Waals surface area (Å²) in [6.07, 6.45) is 3.22. The fourth-order valence-electron chi connectivity index (χ4n) is 2.59. The van der Waals surface area contributed by atoms with Crippen LogP contribution in [0.15, 0.2) is 40.8 Å². The maximum absolute atomic E-state index is 12.2. The molecular weight excluding hydrogens is 280 g/mol. The average molecular weight is 298 g/mol. The molecule has 22 heavy (non-hydrogen) atoms. The van der Waals surface area contributed by atoms with Crippen LogP contribution in [0.3, 0.4) is 0 Å². The monoisotopic (exact) mass is 298 g/mol. The van der Waals surface area contributed by atoms with Crippen molar-refractivity contribution in [3.8, 4) is 0 Å². The van der Waals surface area contributed by atoms with Gasteiger partial charge < -0.3 is 14.2 Å². The Hall–Kier alpha value is -2.56. The molecular formula is C17H18N2O3. The zero-order chi connectivity index (χ0) is 15.5. The molecule has 1 aliphatic heterocycles. The molecule has 5 nitrogen and oxygen atoms in total. The summed E-state index contributed by atoms with van der Waals surface area (Å²) >= 11 is 0. The minimum absolute atomic E-state index is 0.0522. The zero-order valence-corrected chi connectivity index (χ0v) is 12.5. The van der Waals surface area contributed by atoms with Crippen molar-refractivity contribution in [3.63, 3.8) is 0 Å². The van der Waals surface area contributed by atoms with E-state index in [1.54, 1.807) is 22.8 Å². The number of hydrogen-bond acceptors (Lipinski definition) is 3. The Bertz CT molecular complexity index is 691. The molecule has 0 bridgehead atoms. The molecule has 1 saturated heterocycles. The van der Waals surface area contributed by atoms with E-state index in [0.29, 0.717) is 31.9 Å². The van der Waals surface area contributed by atoms with Gasteiger partial charge in [0.15, 0.2) is 0 Å². The molecule has 3 rings (SSSR count). The highest BCUT2D eigenvalue weighted by Gasteiger charge is 2.20. The van der Waals surface area contributed by atoms with Crippen LogP contribution in [0.2, 0.25) is 0 Å². The standard InChI is InChI=1S/C17H18N2O3/c1-13(20)18-8-10-19(11-9-18)17(21)7-6-15-12-14-4-2-3-5-16(14)22-15/h2-7,12H,8-11H2,1H3. The quantitative estimate of drug-likeness (QED) is 0.798. The maximum Gasteiger partial charge on any atom is 0.246 e. The summed E-state index contributed by atoms with van der Waals surface area (Å²) in [5.41, 5.74) is 0.810. The van der Waals surface area contributed by atoms with Crippen molar-refractivity contribution in [1.29, 1.82) is 0 Å². The van der Waals surface area contributed by atoms with Crippen molar-refractivity contribution in [1.82, 2.24) is 9.80 Å². The summed E-state index contributed by atoms with van der Waals surface area (Å²) in [5.74, 6) is 0.672. The molecule has 0 spiro atoms. The zero-order valence-electron chi connectivity index (χ0n) is 12.5. The first-order valence-electron chi connectivity index (χ1n) is 7.34. The average Bonchev–Trinajstić information content (AvgIpc) is 2.95. The van der Waals surface area contributed by atoms with E-state index >= 15 is 0 Å². The molecule has 0 atom stereocenters. The number of furan rings is 1. The molecule has 5 heteroatoms. The van der Waals surface area contributed by atoms with Crippen LogP contribution in [0.4, 0.5) is 0 Å². The first-order chi connectivity index (χ1) is 10.6. The SMILES string of the molecule is CC(=O)N1CCN(C(=O)C=Cc2cc3ccccc3o2)CC1. The second-order valence-electron chi connectivity index (χ2n) is 5.35. The van der Waals surface area contributed by atoms with Crippen molar-refractivity contribution in [2.45, 2.75) is 6.92 Å². The number of carbonyl (C=O) groups is 2. The van der Waals surface area contributed by atoms with Crippen LogP contribution in [-0.2, 0) is 9.59 Å². The summed E-state index contributed by atoms with van der Waals surface area (Å²) in [6.45, 7) is 3.89. The van der Waals surface area contributed by atoms with E-state index in [-0.39, 0.29) is 11.8 Å². The Morgan fingerprint density at radius 2 is 1.77 bits per heavy atom. The van der Waals surface area contributed by atoms with Crippen LogP contribution in [0, 0.1) is 0 Å². The lowest BCUT2D eigenvalue weighted by molar-refractivity contribution is -0.135. The molecule has 0 radical (unpaired) electrons. The second kappa shape index (κ2) is 6.05. The Morgan fingerprint density at radius 1 is 1.09 bits per heavy atom. The summed E-state index contributed by atoms with van der Waals surface area (Å²) < 4.78 is 5.64. The fourth-order valence-corrected chi connectivity index (χ4v) is 2.59. The molecule has 1 aromatic carbocycles. The van der Waals surface area contributed by atoms with Gasteiger partial charge in [0.25, 0.3) is 0 Å². The van der Waals surface area contributed by atoms with Gasteiger partial charge >= 0.3 is 0 Å². The highest BCUT2D eigenvalue weighted by molar-refractivity contribution is 5.92. The summed E-state index contributed by atoms with van der Waals surface area (Å²) in [6, 6.07) is 9.64. The van der Waals surface area contributed by atoms with Crippen LogP contribution >= 0.6 is 0 Å². The number of fused-ring (bicyclic) bond motifs is 1. The summed E-state index contributed by atoms with van der Waals surface area (Å²) in [5, 5.41) is 1.02. The van der Waals surface area contributed by atoms with E-state index in [4.69, 9.17) is 4.42 Å². The van der Waals surface area contributed by atoms with Crippen molar-refractivity contribution in [2.24, 2.45) is 0 Å². The molecule has 2 amide bonds. The van der Waals surface area contributed by atoms with E-state index in [1.165, 1.54) is 6.08 Å². The molecule has 2 aromatic rings.